The standard InChI is InChI=1S/C19H19FN4O/c20-15-6-7-17-18(5-2-8-25-19(17)10-15)23-16-4-1-3-14(9-16)11-24-12-21-22-13-24/h1,3-4,6-7,9-10,12-13,18,23H,2,5,8,11H2/t18-/m0/s1. The quantitative estimate of drug-likeness (QED) is 0.786. The van der Waals surface area contributed by atoms with Gasteiger partial charge in [0.15, 0.2) is 0 Å². The normalized spacial score (nSPS) is 16.6. The molecule has 2 heterocycles. The highest BCUT2D eigenvalue weighted by Gasteiger charge is 2.20. The Hall–Kier alpha value is -2.89. The first-order valence-corrected chi connectivity index (χ1v) is 8.38. The van der Waals surface area contributed by atoms with Crippen LogP contribution in [0.25, 0.3) is 0 Å². The largest absolute Gasteiger partial charge is 0.493 e. The first-order chi connectivity index (χ1) is 12.3. The fraction of sp³-hybridized carbons (Fsp3) is 0.263. The SMILES string of the molecule is Fc1ccc2c(c1)OCCC[C@@H]2Nc1cccc(Cn2cnnc2)c1. The molecular weight excluding hydrogens is 319 g/mol. The van der Waals surface area contributed by atoms with E-state index in [1.165, 1.54) is 12.1 Å². The molecule has 1 atom stereocenters. The summed E-state index contributed by atoms with van der Waals surface area (Å²) < 4.78 is 21.1. The molecule has 0 saturated carbocycles. The molecule has 128 valence electrons. The monoisotopic (exact) mass is 338 g/mol. The van der Waals surface area contributed by atoms with E-state index in [0.29, 0.717) is 12.4 Å². The number of anilines is 1. The lowest BCUT2D eigenvalue weighted by Gasteiger charge is -2.20. The van der Waals surface area contributed by atoms with E-state index in [2.05, 4.69) is 27.6 Å². The van der Waals surface area contributed by atoms with Gasteiger partial charge in [-0.15, -0.1) is 10.2 Å². The first-order valence-electron chi connectivity index (χ1n) is 8.38. The molecule has 0 unspecified atom stereocenters. The second kappa shape index (κ2) is 6.93. The van der Waals surface area contributed by atoms with Gasteiger partial charge in [0, 0.05) is 17.3 Å². The zero-order valence-corrected chi connectivity index (χ0v) is 13.7. The molecule has 1 aromatic heterocycles. The molecule has 0 radical (unpaired) electrons. The van der Waals surface area contributed by atoms with E-state index in [0.717, 1.165) is 36.2 Å². The van der Waals surface area contributed by atoms with Gasteiger partial charge in [-0.2, -0.15) is 0 Å². The van der Waals surface area contributed by atoms with Crippen molar-refractivity contribution in [1.29, 1.82) is 0 Å². The van der Waals surface area contributed by atoms with Gasteiger partial charge >= 0.3 is 0 Å². The number of halogens is 1. The molecule has 0 amide bonds. The van der Waals surface area contributed by atoms with Crippen LogP contribution in [0.3, 0.4) is 0 Å². The van der Waals surface area contributed by atoms with Crippen molar-refractivity contribution < 1.29 is 9.13 Å². The highest BCUT2D eigenvalue weighted by molar-refractivity contribution is 5.50. The summed E-state index contributed by atoms with van der Waals surface area (Å²) in [6, 6.07) is 13.1. The van der Waals surface area contributed by atoms with Crippen LogP contribution in [-0.2, 0) is 6.54 Å². The van der Waals surface area contributed by atoms with Crippen LogP contribution in [0.5, 0.6) is 5.75 Å². The van der Waals surface area contributed by atoms with Crippen LogP contribution in [-0.4, -0.2) is 21.4 Å². The number of fused-ring (bicyclic) bond motifs is 1. The van der Waals surface area contributed by atoms with Crippen LogP contribution < -0.4 is 10.1 Å². The summed E-state index contributed by atoms with van der Waals surface area (Å²) in [4.78, 5) is 0. The summed E-state index contributed by atoms with van der Waals surface area (Å²) in [6.07, 6.45) is 5.27. The fourth-order valence-corrected chi connectivity index (χ4v) is 3.17. The fourth-order valence-electron chi connectivity index (χ4n) is 3.17. The van der Waals surface area contributed by atoms with Gasteiger partial charge in [-0.1, -0.05) is 18.2 Å². The summed E-state index contributed by atoms with van der Waals surface area (Å²) in [5.74, 6) is 0.367. The maximum Gasteiger partial charge on any atom is 0.127 e. The van der Waals surface area contributed by atoms with Gasteiger partial charge in [-0.25, -0.2) is 4.39 Å². The number of benzene rings is 2. The molecule has 2 aromatic carbocycles. The summed E-state index contributed by atoms with van der Waals surface area (Å²) >= 11 is 0. The molecule has 3 aromatic rings. The number of nitrogens with one attached hydrogen (secondary N) is 1. The van der Waals surface area contributed by atoms with E-state index in [4.69, 9.17) is 4.74 Å². The van der Waals surface area contributed by atoms with Gasteiger partial charge in [0.2, 0.25) is 0 Å². The van der Waals surface area contributed by atoms with E-state index in [1.807, 2.05) is 22.8 Å². The average Bonchev–Trinajstić information content (AvgIpc) is 3.03. The maximum absolute atomic E-state index is 13.5. The van der Waals surface area contributed by atoms with Gasteiger partial charge in [0.25, 0.3) is 0 Å². The Bertz CT molecular complexity index is 850. The van der Waals surface area contributed by atoms with Crippen molar-refractivity contribution in [3.05, 3.63) is 72.1 Å². The Morgan fingerprint density at radius 3 is 2.92 bits per heavy atom. The lowest BCUT2D eigenvalue weighted by molar-refractivity contribution is 0.315. The lowest BCUT2D eigenvalue weighted by Crippen LogP contribution is -2.10. The van der Waals surface area contributed by atoms with Crippen molar-refractivity contribution >= 4 is 5.69 Å². The average molecular weight is 338 g/mol. The molecule has 1 aliphatic heterocycles. The number of hydrogen-bond acceptors (Lipinski definition) is 4. The smallest absolute Gasteiger partial charge is 0.127 e. The zero-order valence-electron chi connectivity index (χ0n) is 13.7. The third kappa shape index (κ3) is 3.63. The predicted octanol–water partition coefficient (Wildman–Crippen LogP) is 3.79. The van der Waals surface area contributed by atoms with Crippen molar-refractivity contribution in [2.24, 2.45) is 0 Å². The Labute approximate surface area is 145 Å². The minimum absolute atomic E-state index is 0.100. The number of aromatic nitrogens is 3. The van der Waals surface area contributed by atoms with Gasteiger partial charge in [0.1, 0.15) is 24.2 Å². The van der Waals surface area contributed by atoms with Crippen LogP contribution in [0.1, 0.15) is 30.0 Å². The van der Waals surface area contributed by atoms with Gasteiger partial charge in [0.05, 0.1) is 19.2 Å². The third-order valence-corrected chi connectivity index (χ3v) is 4.35. The minimum atomic E-state index is -0.268. The molecule has 1 N–H and O–H groups in total. The van der Waals surface area contributed by atoms with Crippen LogP contribution in [0.15, 0.2) is 55.1 Å². The molecule has 0 aliphatic carbocycles. The molecule has 1 aliphatic rings. The zero-order chi connectivity index (χ0) is 17.1. The second-order valence-corrected chi connectivity index (χ2v) is 6.20. The first kappa shape index (κ1) is 15.6. The second-order valence-electron chi connectivity index (χ2n) is 6.20. The van der Waals surface area contributed by atoms with Crippen LogP contribution in [0.4, 0.5) is 10.1 Å². The van der Waals surface area contributed by atoms with Crippen LogP contribution in [0, 0.1) is 5.82 Å². The van der Waals surface area contributed by atoms with Gasteiger partial charge in [-0.05, 0) is 36.6 Å². The number of ether oxygens (including phenoxy) is 1. The lowest BCUT2D eigenvalue weighted by atomic mass is 10.0. The third-order valence-electron chi connectivity index (χ3n) is 4.35. The molecular formula is C19H19FN4O. The molecule has 25 heavy (non-hydrogen) atoms. The number of nitrogens with zero attached hydrogens (tertiary/aromatic N) is 3. The van der Waals surface area contributed by atoms with Crippen molar-refractivity contribution in [1.82, 2.24) is 14.8 Å². The van der Waals surface area contributed by atoms with Gasteiger partial charge < -0.3 is 14.6 Å². The minimum Gasteiger partial charge on any atom is -0.493 e. The van der Waals surface area contributed by atoms with E-state index in [9.17, 15) is 4.39 Å². The predicted molar refractivity (Wildman–Crippen MR) is 93.1 cm³/mol. The Balaban J connectivity index is 1.56. The van der Waals surface area contributed by atoms with E-state index in [1.54, 1.807) is 12.7 Å². The van der Waals surface area contributed by atoms with E-state index >= 15 is 0 Å². The summed E-state index contributed by atoms with van der Waals surface area (Å²) in [6.45, 7) is 1.33. The topological polar surface area (TPSA) is 52.0 Å². The Morgan fingerprint density at radius 2 is 2.04 bits per heavy atom. The van der Waals surface area contributed by atoms with Crippen molar-refractivity contribution in [3.8, 4) is 5.75 Å². The molecule has 0 fully saturated rings. The molecule has 0 saturated heterocycles. The molecule has 4 rings (SSSR count). The summed E-state index contributed by atoms with van der Waals surface area (Å²) in [5, 5.41) is 11.2. The molecule has 0 bridgehead atoms. The van der Waals surface area contributed by atoms with Crippen molar-refractivity contribution in [3.63, 3.8) is 0 Å². The van der Waals surface area contributed by atoms with Crippen LogP contribution in [0.2, 0.25) is 0 Å². The Morgan fingerprint density at radius 1 is 1.16 bits per heavy atom. The number of hydrogen-bond donors (Lipinski definition) is 1. The van der Waals surface area contributed by atoms with E-state index < -0.39 is 0 Å². The van der Waals surface area contributed by atoms with Crippen molar-refractivity contribution in [2.75, 3.05) is 11.9 Å². The molecule has 6 heteroatoms. The highest BCUT2D eigenvalue weighted by Crippen LogP contribution is 2.34. The molecule has 0 spiro atoms. The van der Waals surface area contributed by atoms with Crippen molar-refractivity contribution in [2.45, 2.75) is 25.4 Å². The summed E-state index contributed by atoms with van der Waals surface area (Å²) in [7, 11) is 0. The maximum atomic E-state index is 13.5. The molecule has 5 nitrogen and oxygen atoms in total. The number of rotatable bonds is 4. The van der Waals surface area contributed by atoms with Gasteiger partial charge in [-0.3, -0.25) is 0 Å². The summed E-state index contributed by atoms with van der Waals surface area (Å²) in [5.41, 5.74) is 3.20. The Kier molecular flexibility index (Phi) is 4.33. The van der Waals surface area contributed by atoms with E-state index in [-0.39, 0.29) is 11.9 Å². The van der Waals surface area contributed by atoms with Crippen LogP contribution >= 0.6 is 0 Å². The highest BCUT2D eigenvalue weighted by atomic mass is 19.1.